The lowest BCUT2D eigenvalue weighted by atomic mass is 9.87. The summed E-state index contributed by atoms with van der Waals surface area (Å²) in [7, 11) is 0. The van der Waals surface area contributed by atoms with E-state index in [0.29, 0.717) is 6.04 Å². The van der Waals surface area contributed by atoms with Crippen molar-refractivity contribution in [2.24, 2.45) is 11.8 Å². The quantitative estimate of drug-likeness (QED) is 0.783. The third kappa shape index (κ3) is 3.14. The Hall–Kier alpha value is -0.720. The van der Waals surface area contributed by atoms with Crippen LogP contribution in [0.5, 0.6) is 0 Å². The SMILES string of the molecule is CCC(CC)C1CCN(Cn2nc(CO)n(C3CC3)c2=S)C1. The minimum atomic E-state index is -0.0243. The molecule has 1 aromatic heterocycles. The Labute approximate surface area is 137 Å². The summed E-state index contributed by atoms with van der Waals surface area (Å²) in [6.07, 6.45) is 6.16. The molecule has 1 aliphatic carbocycles. The molecule has 1 N–H and O–H groups in total. The van der Waals surface area contributed by atoms with Crippen molar-refractivity contribution >= 4 is 12.2 Å². The first-order valence-electron chi connectivity index (χ1n) is 8.69. The molecule has 1 saturated carbocycles. The normalized spacial score (nSPS) is 22.8. The number of likely N-dealkylation sites (tertiary alicyclic amines) is 1. The molecule has 0 spiro atoms. The van der Waals surface area contributed by atoms with Gasteiger partial charge >= 0.3 is 0 Å². The van der Waals surface area contributed by atoms with Crippen LogP contribution in [0, 0.1) is 16.6 Å². The first kappa shape index (κ1) is 16.1. The molecule has 0 bridgehead atoms. The Morgan fingerprint density at radius 3 is 2.59 bits per heavy atom. The maximum Gasteiger partial charge on any atom is 0.199 e. The Morgan fingerprint density at radius 2 is 2.00 bits per heavy atom. The molecule has 3 rings (SSSR count). The van der Waals surface area contributed by atoms with E-state index in [2.05, 4.69) is 28.4 Å². The Morgan fingerprint density at radius 1 is 1.27 bits per heavy atom. The highest BCUT2D eigenvalue weighted by Gasteiger charge is 2.30. The van der Waals surface area contributed by atoms with Crippen LogP contribution in [0.4, 0.5) is 0 Å². The molecule has 22 heavy (non-hydrogen) atoms. The minimum absolute atomic E-state index is 0.0243. The molecule has 2 fully saturated rings. The molecule has 1 saturated heterocycles. The summed E-state index contributed by atoms with van der Waals surface area (Å²) in [5.41, 5.74) is 0. The first-order valence-corrected chi connectivity index (χ1v) is 9.10. The summed E-state index contributed by atoms with van der Waals surface area (Å²) in [6.45, 7) is 7.63. The molecule has 5 nitrogen and oxygen atoms in total. The molecule has 6 heteroatoms. The van der Waals surface area contributed by atoms with E-state index < -0.39 is 0 Å². The number of aromatic nitrogens is 3. The number of hydrogen-bond acceptors (Lipinski definition) is 4. The fourth-order valence-corrected chi connectivity index (χ4v) is 4.24. The molecule has 0 amide bonds. The number of hydrogen-bond donors (Lipinski definition) is 1. The highest BCUT2D eigenvalue weighted by atomic mass is 32.1. The van der Waals surface area contributed by atoms with E-state index in [1.807, 2.05) is 4.68 Å². The second-order valence-corrected chi connectivity index (χ2v) is 7.17. The second kappa shape index (κ2) is 6.81. The molecule has 0 radical (unpaired) electrons. The lowest BCUT2D eigenvalue weighted by Gasteiger charge is -2.21. The van der Waals surface area contributed by atoms with Crippen LogP contribution in [0.3, 0.4) is 0 Å². The van der Waals surface area contributed by atoms with E-state index in [-0.39, 0.29) is 6.61 Å². The second-order valence-electron chi connectivity index (χ2n) is 6.80. The Bertz CT molecular complexity index is 559. The van der Waals surface area contributed by atoms with Crippen LogP contribution in [0.15, 0.2) is 0 Å². The molecule has 1 aromatic rings. The summed E-state index contributed by atoms with van der Waals surface area (Å²) >= 11 is 5.58. The number of aliphatic hydroxyl groups is 1. The van der Waals surface area contributed by atoms with Crippen LogP contribution in [-0.2, 0) is 13.3 Å². The van der Waals surface area contributed by atoms with Gasteiger partial charge in [-0.1, -0.05) is 26.7 Å². The first-order chi connectivity index (χ1) is 10.7. The predicted molar refractivity (Wildman–Crippen MR) is 89.0 cm³/mol. The molecular formula is C16H28N4OS. The van der Waals surface area contributed by atoms with Crippen molar-refractivity contribution in [3.8, 4) is 0 Å². The summed E-state index contributed by atoms with van der Waals surface area (Å²) in [5.74, 6) is 2.38. The van der Waals surface area contributed by atoms with Crippen molar-refractivity contribution in [2.45, 2.75) is 65.3 Å². The standard InChI is InChI=1S/C16H28N4OS/c1-3-12(4-2)13-7-8-18(9-13)11-19-16(22)20(14-5-6-14)15(10-21)17-19/h12-14,21H,3-11H2,1-2H3. The van der Waals surface area contributed by atoms with E-state index in [1.54, 1.807) is 0 Å². The summed E-state index contributed by atoms with van der Waals surface area (Å²) in [6, 6.07) is 0.472. The zero-order valence-corrected chi connectivity index (χ0v) is 14.6. The van der Waals surface area contributed by atoms with Crippen LogP contribution >= 0.6 is 12.2 Å². The van der Waals surface area contributed by atoms with Gasteiger partial charge in [0.05, 0.1) is 6.67 Å². The van der Waals surface area contributed by atoms with Crippen LogP contribution in [-0.4, -0.2) is 37.4 Å². The molecule has 2 heterocycles. The van der Waals surface area contributed by atoms with Gasteiger partial charge in [0.25, 0.3) is 0 Å². The highest BCUT2D eigenvalue weighted by molar-refractivity contribution is 7.71. The molecule has 0 aromatic carbocycles. The maximum absolute atomic E-state index is 9.52. The average Bonchev–Trinajstić information content (AvgIpc) is 3.17. The van der Waals surface area contributed by atoms with Crippen molar-refractivity contribution < 1.29 is 5.11 Å². The van der Waals surface area contributed by atoms with Gasteiger partial charge in [0.15, 0.2) is 10.6 Å². The third-order valence-electron chi connectivity index (χ3n) is 5.35. The van der Waals surface area contributed by atoms with E-state index in [0.717, 1.165) is 55.0 Å². The van der Waals surface area contributed by atoms with Crippen molar-refractivity contribution in [3.05, 3.63) is 10.6 Å². The van der Waals surface area contributed by atoms with Gasteiger partial charge in [-0.05, 0) is 43.3 Å². The molecule has 2 aliphatic rings. The molecule has 1 aliphatic heterocycles. The molecule has 1 atom stereocenters. The monoisotopic (exact) mass is 324 g/mol. The highest BCUT2D eigenvalue weighted by Crippen LogP contribution is 2.36. The van der Waals surface area contributed by atoms with Crippen molar-refractivity contribution in [1.82, 2.24) is 19.2 Å². The minimum Gasteiger partial charge on any atom is -0.388 e. The summed E-state index contributed by atoms with van der Waals surface area (Å²) in [4.78, 5) is 2.46. The van der Waals surface area contributed by atoms with Gasteiger partial charge in [0.2, 0.25) is 0 Å². The van der Waals surface area contributed by atoms with Gasteiger partial charge in [0.1, 0.15) is 6.61 Å². The predicted octanol–water partition coefficient (Wildman–Crippen LogP) is 2.96. The van der Waals surface area contributed by atoms with Crippen LogP contribution in [0.1, 0.15) is 57.8 Å². The molecule has 124 valence electrons. The average molecular weight is 324 g/mol. The summed E-state index contributed by atoms with van der Waals surface area (Å²) in [5, 5.41) is 14.1. The van der Waals surface area contributed by atoms with Gasteiger partial charge < -0.3 is 5.11 Å². The van der Waals surface area contributed by atoms with Crippen molar-refractivity contribution in [3.63, 3.8) is 0 Å². The van der Waals surface area contributed by atoms with Crippen LogP contribution in [0.25, 0.3) is 0 Å². The lowest BCUT2D eigenvalue weighted by Crippen LogP contribution is -2.26. The number of aliphatic hydroxyl groups excluding tert-OH is 1. The number of rotatable bonds is 7. The smallest absolute Gasteiger partial charge is 0.199 e. The zero-order valence-electron chi connectivity index (χ0n) is 13.7. The number of nitrogens with zero attached hydrogens (tertiary/aromatic N) is 4. The zero-order chi connectivity index (χ0) is 15.7. The van der Waals surface area contributed by atoms with Crippen molar-refractivity contribution in [1.29, 1.82) is 0 Å². The third-order valence-corrected chi connectivity index (χ3v) is 5.76. The molecular weight excluding hydrogens is 296 g/mol. The van der Waals surface area contributed by atoms with E-state index in [1.165, 1.54) is 19.3 Å². The Balaban J connectivity index is 1.68. The van der Waals surface area contributed by atoms with E-state index in [4.69, 9.17) is 12.2 Å². The summed E-state index contributed by atoms with van der Waals surface area (Å²) < 4.78 is 4.75. The van der Waals surface area contributed by atoms with Gasteiger partial charge in [-0.25, -0.2) is 4.68 Å². The topological polar surface area (TPSA) is 46.2 Å². The Kier molecular flexibility index (Phi) is 5.00. The lowest BCUT2D eigenvalue weighted by molar-refractivity contribution is 0.222. The van der Waals surface area contributed by atoms with Gasteiger partial charge in [-0.15, -0.1) is 0 Å². The van der Waals surface area contributed by atoms with Gasteiger partial charge in [-0.2, -0.15) is 5.10 Å². The fraction of sp³-hybridized carbons (Fsp3) is 0.875. The van der Waals surface area contributed by atoms with Crippen molar-refractivity contribution in [2.75, 3.05) is 13.1 Å². The largest absolute Gasteiger partial charge is 0.388 e. The van der Waals surface area contributed by atoms with E-state index >= 15 is 0 Å². The van der Waals surface area contributed by atoms with Crippen LogP contribution < -0.4 is 0 Å². The fourth-order valence-electron chi connectivity index (χ4n) is 3.89. The van der Waals surface area contributed by atoms with Gasteiger partial charge in [-0.3, -0.25) is 9.47 Å². The molecule has 1 unspecified atom stereocenters. The van der Waals surface area contributed by atoms with Crippen LogP contribution in [0.2, 0.25) is 0 Å². The van der Waals surface area contributed by atoms with E-state index in [9.17, 15) is 5.11 Å². The van der Waals surface area contributed by atoms with Gasteiger partial charge in [0, 0.05) is 19.1 Å². The maximum atomic E-state index is 9.52.